The molecule has 134 valence electrons. The summed E-state index contributed by atoms with van der Waals surface area (Å²) in [7, 11) is 1.59. The monoisotopic (exact) mass is 351 g/mol. The van der Waals surface area contributed by atoms with Gasteiger partial charge in [0.2, 0.25) is 0 Å². The molecule has 0 radical (unpaired) electrons. The third-order valence-electron chi connectivity index (χ3n) is 4.01. The van der Waals surface area contributed by atoms with Crippen LogP contribution in [0.3, 0.4) is 0 Å². The van der Waals surface area contributed by atoms with Gasteiger partial charge in [0.25, 0.3) is 5.91 Å². The minimum atomic E-state index is -0.336. The van der Waals surface area contributed by atoms with Crippen molar-refractivity contribution in [2.45, 2.75) is 13.8 Å². The van der Waals surface area contributed by atoms with E-state index in [4.69, 9.17) is 9.26 Å². The molecule has 0 atom stereocenters. The second kappa shape index (κ2) is 7.74. The second-order valence-corrected chi connectivity index (χ2v) is 5.80. The molecule has 6 nitrogen and oxygen atoms in total. The molecule has 2 aromatic carbocycles. The van der Waals surface area contributed by atoms with E-state index in [1.165, 1.54) is 0 Å². The van der Waals surface area contributed by atoms with Crippen LogP contribution in [0.1, 0.15) is 23.0 Å². The molecular formula is C20H21N3O3. The summed E-state index contributed by atoms with van der Waals surface area (Å²) in [6.07, 6.45) is 0. The summed E-state index contributed by atoms with van der Waals surface area (Å²) in [5.41, 5.74) is 5.86. The number of anilines is 1. The minimum Gasteiger partial charge on any atom is -0.496 e. The number of carbonyl (C=O) groups is 1. The number of hydrogen-bond donors (Lipinski definition) is 1. The summed E-state index contributed by atoms with van der Waals surface area (Å²) < 4.78 is 10.7. The van der Waals surface area contributed by atoms with Crippen molar-refractivity contribution >= 4 is 11.6 Å². The summed E-state index contributed by atoms with van der Waals surface area (Å²) in [6, 6.07) is 16.9. The fraction of sp³-hybridized carbons (Fsp3) is 0.200. The van der Waals surface area contributed by atoms with Crippen molar-refractivity contribution in [3.05, 3.63) is 65.9 Å². The van der Waals surface area contributed by atoms with Gasteiger partial charge in [0, 0.05) is 12.6 Å². The summed E-state index contributed by atoms with van der Waals surface area (Å²) in [6.45, 7) is 4.60. The highest BCUT2D eigenvalue weighted by Crippen LogP contribution is 2.29. The van der Waals surface area contributed by atoms with Crippen LogP contribution in [0.15, 0.2) is 59.1 Å². The number of aryl methyl sites for hydroxylation is 1. The van der Waals surface area contributed by atoms with Crippen LogP contribution >= 0.6 is 0 Å². The summed E-state index contributed by atoms with van der Waals surface area (Å²) in [5.74, 6) is 0.800. The first-order valence-electron chi connectivity index (χ1n) is 8.37. The Morgan fingerprint density at radius 3 is 2.62 bits per heavy atom. The van der Waals surface area contributed by atoms with E-state index in [-0.39, 0.29) is 11.6 Å². The first-order valence-corrected chi connectivity index (χ1v) is 8.37. The van der Waals surface area contributed by atoms with Crippen LogP contribution < -0.4 is 15.2 Å². The Kier molecular flexibility index (Phi) is 5.22. The molecule has 3 aromatic rings. The predicted octanol–water partition coefficient (Wildman–Crippen LogP) is 3.83. The van der Waals surface area contributed by atoms with Crippen molar-refractivity contribution in [1.29, 1.82) is 0 Å². The van der Waals surface area contributed by atoms with Gasteiger partial charge in [-0.05, 0) is 38.1 Å². The first kappa shape index (κ1) is 17.5. The molecule has 1 amide bonds. The molecule has 0 spiro atoms. The Morgan fingerprint density at radius 1 is 1.19 bits per heavy atom. The molecule has 26 heavy (non-hydrogen) atoms. The first-order chi connectivity index (χ1) is 12.6. The van der Waals surface area contributed by atoms with Crippen LogP contribution in [0.25, 0.3) is 11.3 Å². The smallest absolute Gasteiger partial charge is 0.291 e. The van der Waals surface area contributed by atoms with E-state index in [0.717, 1.165) is 16.8 Å². The number of hydrazine groups is 1. The average Bonchev–Trinajstić information content (AvgIpc) is 3.17. The molecule has 1 N–H and O–H groups in total. The largest absolute Gasteiger partial charge is 0.496 e. The van der Waals surface area contributed by atoms with Gasteiger partial charge >= 0.3 is 0 Å². The van der Waals surface area contributed by atoms with Crippen molar-refractivity contribution < 1.29 is 14.1 Å². The molecule has 0 aliphatic rings. The molecular weight excluding hydrogens is 330 g/mol. The Bertz CT molecular complexity index is 887. The zero-order valence-electron chi connectivity index (χ0n) is 15.0. The van der Waals surface area contributed by atoms with E-state index in [1.807, 2.05) is 62.4 Å². The maximum atomic E-state index is 12.5. The molecule has 0 saturated heterocycles. The predicted molar refractivity (Wildman–Crippen MR) is 100 cm³/mol. The standard InChI is InChI=1S/C20H21N3O3/c1-4-23(15-11-9-14(2)10-12-15)21-20(24)17-13-19(26-22-17)16-7-5-6-8-18(16)25-3/h5-13H,4H2,1-3H3,(H,21,24). The summed E-state index contributed by atoms with van der Waals surface area (Å²) in [5, 5.41) is 5.66. The van der Waals surface area contributed by atoms with Crippen LogP contribution in [0, 0.1) is 6.92 Å². The van der Waals surface area contributed by atoms with Crippen LogP contribution in [0.2, 0.25) is 0 Å². The number of rotatable bonds is 6. The molecule has 0 unspecified atom stereocenters. The number of para-hydroxylation sites is 1. The highest BCUT2D eigenvalue weighted by atomic mass is 16.5. The molecule has 0 aliphatic carbocycles. The highest BCUT2D eigenvalue weighted by Gasteiger charge is 2.18. The van der Waals surface area contributed by atoms with Crippen LogP contribution in [0.4, 0.5) is 5.69 Å². The Balaban J connectivity index is 1.78. The molecule has 0 fully saturated rings. The van der Waals surface area contributed by atoms with Gasteiger partial charge in [-0.15, -0.1) is 0 Å². The highest BCUT2D eigenvalue weighted by molar-refractivity contribution is 5.94. The SMILES string of the molecule is CCN(NC(=O)c1cc(-c2ccccc2OC)on1)c1ccc(C)cc1. The zero-order valence-corrected chi connectivity index (χ0v) is 15.0. The Morgan fingerprint density at radius 2 is 1.92 bits per heavy atom. The van der Waals surface area contributed by atoms with E-state index in [2.05, 4.69) is 10.6 Å². The van der Waals surface area contributed by atoms with Gasteiger partial charge in [0.15, 0.2) is 11.5 Å². The van der Waals surface area contributed by atoms with Gasteiger partial charge in [-0.2, -0.15) is 0 Å². The van der Waals surface area contributed by atoms with E-state index in [1.54, 1.807) is 18.2 Å². The molecule has 1 aromatic heterocycles. The van der Waals surface area contributed by atoms with Crippen molar-refractivity contribution in [3.63, 3.8) is 0 Å². The van der Waals surface area contributed by atoms with E-state index < -0.39 is 0 Å². The van der Waals surface area contributed by atoms with Crippen molar-refractivity contribution in [2.24, 2.45) is 0 Å². The minimum absolute atomic E-state index is 0.205. The van der Waals surface area contributed by atoms with E-state index >= 15 is 0 Å². The lowest BCUT2D eigenvalue weighted by molar-refractivity contribution is 0.0940. The summed E-state index contributed by atoms with van der Waals surface area (Å²) >= 11 is 0. The fourth-order valence-electron chi connectivity index (χ4n) is 2.59. The van der Waals surface area contributed by atoms with Crippen molar-refractivity contribution in [2.75, 3.05) is 18.7 Å². The Hall–Kier alpha value is -3.28. The average molecular weight is 351 g/mol. The Labute approximate surface area is 152 Å². The number of carbonyl (C=O) groups excluding carboxylic acids is 1. The number of aromatic nitrogens is 1. The van der Waals surface area contributed by atoms with Crippen LogP contribution in [0.5, 0.6) is 5.75 Å². The quantitative estimate of drug-likeness (QED) is 0.684. The number of benzene rings is 2. The number of amides is 1. The molecule has 1 heterocycles. The third kappa shape index (κ3) is 3.69. The molecule has 0 aliphatic heterocycles. The van der Waals surface area contributed by atoms with Gasteiger partial charge in [-0.25, -0.2) is 0 Å². The maximum absolute atomic E-state index is 12.5. The fourth-order valence-corrected chi connectivity index (χ4v) is 2.59. The van der Waals surface area contributed by atoms with Gasteiger partial charge in [0.05, 0.1) is 18.4 Å². The topological polar surface area (TPSA) is 67.6 Å². The lowest BCUT2D eigenvalue weighted by atomic mass is 10.1. The number of ether oxygens (including phenoxy) is 1. The molecule has 3 rings (SSSR count). The number of hydrogen-bond acceptors (Lipinski definition) is 5. The van der Waals surface area contributed by atoms with Crippen molar-refractivity contribution in [1.82, 2.24) is 10.6 Å². The van der Waals surface area contributed by atoms with Crippen LogP contribution in [-0.2, 0) is 0 Å². The van der Waals surface area contributed by atoms with Gasteiger partial charge in [-0.3, -0.25) is 15.2 Å². The van der Waals surface area contributed by atoms with E-state index in [0.29, 0.717) is 18.1 Å². The van der Waals surface area contributed by atoms with Gasteiger partial charge in [0.1, 0.15) is 5.75 Å². The van der Waals surface area contributed by atoms with E-state index in [9.17, 15) is 4.79 Å². The summed E-state index contributed by atoms with van der Waals surface area (Å²) in [4.78, 5) is 12.5. The van der Waals surface area contributed by atoms with Crippen LogP contribution in [-0.4, -0.2) is 24.7 Å². The maximum Gasteiger partial charge on any atom is 0.291 e. The molecule has 6 heteroatoms. The lowest BCUT2D eigenvalue weighted by Crippen LogP contribution is -2.42. The third-order valence-corrected chi connectivity index (χ3v) is 4.01. The number of nitrogens with zero attached hydrogens (tertiary/aromatic N) is 2. The van der Waals surface area contributed by atoms with Gasteiger partial charge in [-0.1, -0.05) is 35.0 Å². The van der Waals surface area contributed by atoms with Gasteiger partial charge < -0.3 is 9.26 Å². The number of methoxy groups -OCH3 is 1. The normalized spacial score (nSPS) is 10.4. The number of nitrogens with one attached hydrogen (secondary N) is 1. The zero-order chi connectivity index (χ0) is 18.5. The molecule has 0 bridgehead atoms. The second-order valence-electron chi connectivity index (χ2n) is 5.80. The van der Waals surface area contributed by atoms with Crippen molar-refractivity contribution in [3.8, 4) is 17.1 Å². The lowest BCUT2D eigenvalue weighted by Gasteiger charge is -2.23. The molecule has 0 saturated carbocycles.